The van der Waals surface area contributed by atoms with Crippen molar-refractivity contribution in [1.82, 2.24) is 0 Å². The van der Waals surface area contributed by atoms with Crippen molar-refractivity contribution in [1.29, 1.82) is 0 Å². The standard InChI is InChI=1S/C36H32N/c1-21-14-15-27(22(2)16-21)30-19-33(37(5)20-23(30)3)34-24(4)31-17-25-10-6-8-12-28(25)35(31)36-29-13-9-7-11-26(29)18-32(34)36/h6-16,19-20H,17-18H2,1-5H3/q+1/i2D3,3D3. The lowest BCUT2D eigenvalue weighted by atomic mass is 9.84. The maximum atomic E-state index is 8.41. The normalized spacial score (nSPS) is 15.9. The van der Waals surface area contributed by atoms with Gasteiger partial charge in [-0.05, 0) is 107 Å². The Morgan fingerprint density at radius 3 is 2.00 bits per heavy atom. The Bertz CT molecular complexity index is 1980. The molecule has 0 aliphatic heterocycles. The molecule has 0 amide bonds. The highest BCUT2D eigenvalue weighted by Crippen LogP contribution is 2.53. The number of pyridine rings is 1. The molecule has 2 aliphatic rings. The molecule has 2 aliphatic carbocycles. The zero-order valence-electron chi connectivity index (χ0n) is 27.4. The zero-order chi connectivity index (χ0) is 30.4. The van der Waals surface area contributed by atoms with E-state index in [4.69, 9.17) is 8.22 Å². The van der Waals surface area contributed by atoms with E-state index in [1.165, 1.54) is 50.1 Å². The Labute approximate surface area is 228 Å². The van der Waals surface area contributed by atoms with E-state index in [9.17, 15) is 0 Å². The molecular formula is C36H32N+. The van der Waals surface area contributed by atoms with Crippen molar-refractivity contribution in [2.45, 2.75) is 40.4 Å². The first-order valence-corrected chi connectivity index (χ1v) is 12.9. The molecular weight excluding hydrogens is 446 g/mol. The Morgan fingerprint density at radius 2 is 1.30 bits per heavy atom. The van der Waals surface area contributed by atoms with Gasteiger partial charge in [0, 0.05) is 19.9 Å². The summed E-state index contributed by atoms with van der Waals surface area (Å²) in [6.45, 7) is -0.799. The fourth-order valence-electron chi connectivity index (χ4n) is 6.56. The summed E-state index contributed by atoms with van der Waals surface area (Å²) in [7, 11) is 1.89. The van der Waals surface area contributed by atoms with Crippen LogP contribution in [-0.2, 0) is 19.9 Å². The largest absolute Gasteiger partial charge is 0.213 e. The van der Waals surface area contributed by atoms with E-state index in [0.29, 0.717) is 11.1 Å². The Kier molecular flexibility index (Phi) is 3.62. The van der Waals surface area contributed by atoms with Crippen LogP contribution in [0.4, 0.5) is 0 Å². The molecule has 1 aromatic heterocycles. The molecule has 1 heteroatoms. The van der Waals surface area contributed by atoms with Crippen molar-refractivity contribution in [2.24, 2.45) is 7.05 Å². The Hall–Kier alpha value is -3.97. The molecule has 4 aromatic carbocycles. The quantitative estimate of drug-likeness (QED) is 0.218. The summed E-state index contributed by atoms with van der Waals surface area (Å²) in [6, 6.07) is 24.4. The molecule has 0 saturated heterocycles. The average Bonchev–Trinajstić information content (AvgIpc) is 3.51. The van der Waals surface area contributed by atoms with E-state index in [-0.39, 0.29) is 11.1 Å². The third-order valence-corrected chi connectivity index (χ3v) is 8.29. The van der Waals surface area contributed by atoms with Gasteiger partial charge in [-0.25, -0.2) is 4.57 Å². The van der Waals surface area contributed by atoms with Crippen LogP contribution >= 0.6 is 0 Å². The molecule has 0 unspecified atom stereocenters. The molecule has 0 N–H and O–H groups in total. The van der Waals surface area contributed by atoms with E-state index in [1.54, 1.807) is 18.3 Å². The van der Waals surface area contributed by atoms with Crippen molar-refractivity contribution in [2.75, 3.05) is 0 Å². The summed E-state index contributed by atoms with van der Waals surface area (Å²) < 4.78 is 52.0. The summed E-state index contributed by atoms with van der Waals surface area (Å²) in [6.07, 6.45) is 3.29. The smallest absolute Gasteiger partial charge is 0.201 e. The first kappa shape index (κ1) is 16.7. The van der Waals surface area contributed by atoms with Gasteiger partial charge in [0.25, 0.3) is 0 Å². The molecule has 0 bridgehead atoms. The molecule has 7 rings (SSSR count). The number of aryl methyl sites for hydroxylation is 4. The van der Waals surface area contributed by atoms with Crippen LogP contribution in [0.5, 0.6) is 0 Å². The number of aromatic nitrogens is 1. The van der Waals surface area contributed by atoms with Gasteiger partial charge in [0.15, 0.2) is 6.20 Å². The van der Waals surface area contributed by atoms with Crippen LogP contribution in [0.2, 0.25) is 0 Å². The predicted octanol–water partition coefficient (Wildman–Crippen LogP) is 8.22. The highest BCUT2D eigenvalue weighted by Gasteiger charge is 2.35. The second-order valence-corrected chi connectivity index (χ2v) is 10.5. The fraction of sp³-hybridized carbons (Fsp3) is 0.194. The Balaban J connectivity index is 1.57. The van der Waals surface area contributed by atoms with Crippen LogP contribution in [0.15, 0.2) is 79.0 Å². The lowest BCUT2D eigenvalue weighted by molar-refractivity contribution is -0.660. The second-order valence-electron chi connectivity index (χ2n) is 10.5. The van der Waals surface area contributed by atoms with Gasteiger partial charge in [0.05, 0.1) is 5.56 Å². The van der Waals surface area contributed by atoms with E-state index in [0.717, 1.165) is 29.7 Å². The SMILES string of the molecule is [2H]C([2H])([2H])c1cc(C)ccc1-c1cc(-c2c(C)c3c(c4c2Cc2ccccc2-4)-c2ccccc2C3)[n+](C)cc1C([2H])([2H])[2H]. The Morgan fingerprint density at radius 1 is 0.649 bits per heavy atom. The van der Waals surface area contributed by atoms with E-state index >= 15 is 0 Å². The molecule has 1 nitrogen and oxygen atoms in total. The van der Waals surface area contributed by atoms with Crippen LogP contribution in [-0.4, -0.2) is 0 Å². The lowest BCUT2D eigenvalue weighted by Gasteiger charge is -2.19. The molecule has 0 spiro atoms. The first-order chi connectivity index (χ1) is 20.3. The first-order valence-electron chi connectivity index (χ1n) is 15.9. The molecule has 0 atom stereocenters. The van der Waals surface area contributed by atoms with Crippen molar-refractivity contribution in [3.63, 3.8) is 0 Å². The summed E-state index contributed by atoms with van der Waals surface area (Å²) in [5, 5.41) is 0. The van der Waals surface area contributed by atoms with Crippen molar-refractivity contribution >= 4 is 0 Å². The van der Waals surface area contributed by atoms with Crippen molar-refractivity contribution < 1.29 is 12.8 Å². The topological polar surface area (TPSA) is 3.88 Å². The predicted molar refractivity (Wildman–Crippen MR) is 154 cm³/mol. The van der Waals surface area contributed by atoms with Gasteiger partial charge in [-0.1, -0.05) is 72.3 Å². The minimum atomic E-state index is -2.44. The number of hydrogen-bond donors (Lipinski definition) is 0. The molecule has 5 aromatic rings. The van der Waals surface area contributed by atoms with Gasteiger partial charge in [-0.2, -0.15) is 0 Å². The van der Waals surface area contributed by atoms with E-state index < -0.39 is 13.7 Å². The van der Waals surface area contributed by atoms with Crippen LogP contribution < -0.4 is 4.57 Å². The van der Waals surface area contributed by atoms with Gasteiger partial charge in [-0.3, -0.25) is 0 Å². The number of benzene rings is 4. The molecule has 0 fully saturated rings. The molecule has 0 saturated carbocycles. The summed E-state index contributed by atoms with van der Waals surface area (Å²) >= 11 is 0. The molecule has 1 heterocycles. The van der Waals surface area contributed by atoms with E-state index in [2.05, 4.69) is 55.5 Å². The second kappa shape index (κ2) is 8.02. The van der Waals surface area contributed by atoms with Crippen LogP contribution in [0.3, 0.4) is 0 Å². The summed E-state index contributed by atoms with van der Waals surface area (Å²) in [5.41, 5.74) is 15.4. The average molecular weight is 485 g/mol. The van der Waals surface area contributed by atoms with Gasteiger partial charge < -0.3 is 0 Å². The van der Waals surface area contributed by atoms with Gasteiger partial charge in [-0.15, -0.1) is 0 Å². The van der Waals surface area contributed by atoms with E-state index in [1.807, 2.05) is 30.7 Å². The molecule has 0 radical (unpaired) electrons. The van der Waals surface area contributed by atoms with Crippen molar-refractivity contribution in [3.8, 4) is 44.6 Å². The number of hydrogen-bond acceptors (Lipinski definition) is 0. The van der Waals surface area contributed by atoms with Crippen LogP contribution in [0.1, 0.15) is 52.7 Å². The van der Waals surface area contributed by atoms with Gasteiger partial charge in [0.2, 0.25) is 5.69 Å². The minimum Gasteiger partial charge on any atom is -0.201 e. The van der Waals surface area contributed by atoms with Crippen LogP contribution in [0, 0.1) is 27.6 Å². The van der Waals surface area contributed by atoms with Gasteiger partial charge in [0.1, 0.15) is 7.05 Å². The highest BCUT2D eigenvalue weighted by atomic mass is 14.9. The summed E-state index contributed by atoms with van der Waals surface area (Å²) in [5.74, 6) is 0. The monoisotopic (exact) mass is 484 g/mol. The third kappa shape index (κ3) is 3.20. The fourth-order valence-corrected chi connectivity index (χ4v) is 6.56. The number of fused-ring (bicyclic) bond motifs is 7. The van der Waals surface area contributed by atoms with Crippen molar-refractivity contribution in [3.05, 3.63) is 124 Å². The maximum absolute atomic E-state index is 8.41. The maximum Gasteiger partial charge on any atom is 0.213 e. The number of rotatable bonds is 2. The van der Waals surface area contributed by atoms with Crippen LogP contribution in [0.25, 0.3) is 44.6 Å². The molecule has 180 valence electrons. The third-order valence-electron chi connectivity index (χ3n) is 8.29. The summed E-state index contributed by atoms with van der Waals surface area (Å²) in [4.78, 5) is 0. The zero-order valence-corrected chi connectivity index (χ0v) is 21.4. The van der Waals surface area contributed by atoms with Gasteiger partial charge >= 0.3 is 0 Å². The lowest BCUT2D eigenvalue weighted by Crippen LogP contribution is -2.32. The highest BCUT2D eigenvalue weighted by molar-refractivity contribution is 6.00. The minimum absolute atomic E-state index is 0.138. The molecule has 37 heavy (non-hydrogen) atoms. The number of nitrogens with zero attached hydrogens (tertiary/aromatic N) is 1.